The van der Waals surface area contributed by atoms with E-state index in [1.54, 1.807) is 4.90 Å². The number of carbonyl (C=O) groups excluding carboxylic acids is 2. The molecule has 152 valence electrons. The minimum absolute atomic E-state index is 0.0400. The van der Waals surface area contributed by atoms with Gasteiger partial charge >= 0.3 is 0 Å². The molecule has 3 aliphatic rings. The molecule has 2 amide bonds. The molecule has 3 aliphatic heterocycles. The van der Waals surface area contributed by atoms with Crippen LogP contribution in [0.4, 0.5) is 0 Å². The lowest BCUT2D eigenvalue weighted by atomic mass is 9.71. The molecule has 1 N–H and O–H groups in total. The maximum Gasteiger partial charge on any atom is 0.242 e. The van der Waals surface area contributed by atoms with Crippen molar-refractivity contribution in [3.63, 3.8) is 0 Å². The molecule has 6 heteroatoms. The SMILES string of the molecule is CC(C)=CCCN1CC[C@@H](O)[C@]2(CCCN(C(=O)CN3CCCC3=O)C2)C1. The van der Waals surface area contributed by atoms with Gasteiger partial charge in [-0.15, -0.1) is 0 Å². The Hall–Kier alpha value is -1.40. The Morgan fingerprint density at radius 1 is 1.22 bits per heavy atom. The normalized spacial score (nSPS) is 29.4. The van der Waals surface area contributed by atoms with E-state index in [0.29, 0.717) is 19.5 Å². The third kappa shape index (κ3) is 4.91. The van der Waals surface area contributed by atoms with E-state index in [-0.39, 0.29) is 29.9 Å². The lowest BCUT2D eigenvalue weighted by molar-refractivity contribution is -0.145. The van der Waals surface area contributed by atoms with Crippen LogP contribution in [-0.2, 0) is 9.59 Å². The third-order valence-electron chi connectivity index (χ3n) is 6.42. The minimum Gasteiger partial charge on any atom is -0.392 e. The van der Waals surface area contributed by atoms with Crippen LogP contribution < -0.4 is 0 Å². The molecule has 0 unspecified atom stereocenters. The maximum absolute atomic E-state index is 12.8. The van der Waals surface area contributed by atoms with Gasteiger partial charge in [0.2, 0.25) is 11.8 Å². The van der Waals surface area contributed by atoms with Crippen LogP contribution in [0.3, 0.4) is 0 Å². The molecule has 2 atom stereocenters. The molecule has 0 aliphatic carbocycles. The lowest BCUT2D eigenvalue weighted by Gasteiger charge is -2.51. The second kappa shape index (κ2) is 8.74. The zero-order valence-electron chi connectivity index (χ0n) is 17.0. The van der Waals surface area contributed by atoms with Crippen molar-refractivity contribution < 1.29 is 14.7 Å². The van der Waals surface area contributed by atoms with E-state index < -0.39 is 0 Å². The molecule has 0 aromatic heterocycles. The van der Waals surface area contributed by atoms with E-state index in [9.17, 15) is 14.7 Å². The van der Waals surface area contributed by atoms with Crippen LogP contribution in [0.15, 0.2) is 11.6 Å². The molecule has 1 spiro atoms. The molecule has 0 radical (unpaired) electrons. The van der Waals surface area contributed by atoms with Gasteiger partial charge in [0.15, 0.2) is 0 Å². The number of hydrogen-bond acceptors (Lipinski definition) is 4. The fourth-order valence-electron chi connectivity index (χ4n) is 4.88. The van der Waals surface area contributed by atoms with E-state index in [1.165, 1.54) is 5.57 Å². The Balaban J connectivity index is 1.60. The van der Waals surface area contributed by atoms with Crippen molar-refractivity contribution >= 4 is 11.8 Å². The maximum atomic E-state index is 12.8. The number of hydrogen-bond donors (Lipinski definition) is 1. The molecule has 3 rings (SSSR count). The van der Waals surface area contributed by atoms with Gasteiger partial charge in [-0.2, -0.15) is 0 Å². The third-order valence-corrected chi connectivity index (χ3v) is 6.42. The average molecular weight is 378 g/mol. The summed E-state index contributed by atoms with van der Waals surface area (Å²) in [5.41, 5.74) is 1.12. The predicted molar refractivity (Wildman–Crippen MR) is 105 cm³/mol. The fourth-order valence-corrected chi connectivity index (χ4v) is 4.88. The minimum atomic E-state index is -0.346. The number of aliphatic hydroxyl groups is 1. The van der Waals surface area contributed by atoms with Crippen LogP contribution in [0.2, 0.25) is 0 Å². The van der Waals surface area contributed by atoms with Crippen molar-refractivity contribution in [3.05, 3.63) is 11.6 Å². The topological polar surface area (TPSA) is 64.1 Å². The van der Waals surface area contributed by atoms with Gasteiger partial charge in [0.1, 0.15) is 0 Å². The van der Waals surface area contributed by atoms with Crippen molar-refractivity contribution in [1.29, 1.82) is 0 Å². The molecule has 0 aromatic rings. The van der Waals surface area contributed by atoms with Crippen molar-refractivity contribution in [2.45, 2.75) is 58.5 Å². The Labute approximate surface area is 163 Å². The first kappa shape index (κ1) is 20.3. The molecule has 3 heterocycles. The summed E-state index contributed by atoms with van der Waals surface area (Å²) in [5, 5.41) is 10.8. The Morgan fingerprint density at radius 2 is 2.04 bits per heavy atom. The first-order valence-corrected chi connectivity index (χ1v) is 10.5. The van der Waals surface area contributed by atoms with Crippen molar-refractivity contribution in [1.82, 2.24) is 14.7 Å². The number of carbonyl (C=O) groups is 2. The van der Waals surface area contributed by atoms with E-state index in [2.05, 4.69) is 24.8 Å². The van der Waals surface area contributed by atoms with Crippen LogP contribution in [0.5, 0.6) is 0 Å². The fraction of sp³-hybridized carbons (Fsp3) is 0.810. The molecule has 0 aromatic carbocycles. The largest absolute Gasteiger partial charge is 0.392 e. The quantitative estimate of drug-likeness (QED) is 0.740. The predicted octanol–water partition coefficient (Wildman–Crippen LogP) is 1.64. The summed E-state index contributed by atoms with van der Waals surface area (Å²) in [5.74, 6) is 0.136. The van der Waals surface area contributed by atoms with Crippen LogP contribution in [0.25, 0.3) is 0 Å². The average Bonchev–Trinajstić information content (AvgIpc) is 3.03. The summed E-state index contributed by atoms with van der Waals surface area (Å²) in [6, 6.07) is 0. The van der Waals surface area contributed by atoms with Gasteiger partial charge in [-0.3, -0.25) is 9.59 Å². The van der Waals surface area contributed by atoms with Crippen LogP contribution in [0.1, 0.15) is 52.4 Å². The summed E-state index contributed by atoms with van der Waals surface area (Å²) < 4.78 is 0. The molecule has 0 saturated carbocycles. The highest BCUT2D eigenvalue weighted by molar-refractivity contribution is 5.86. The summed E-state index contributed by atoms with van der Waals surface area (Å²) >= 11 is 0. The van der Waals surface area contributed by atoms with Crippen LogP contribution in [-0.4, -0.2) is 83.5 Å². The number of allylic oxidation sites excluding steroid dienone is 1. The first-order chi connectivity index (χ1) is 12.9. The van der Waals surface area contributed by atoms with E-state index in [0.717, 1.165) is 58.3 Å². The van der Waals surface area contributed by atoms with Gasteiger partial charge in [-0.25, -0.2) is 0 Å². The zero-order chi connectivity index (χ0) is 19.4. The van der Waals surface area contributed by atoms with Crippen LogP contribution in [0, 0.1) is 5.41 Å². The first-order valence-electron chi connectivity index (χ1n) is 10.5. The standard InChI is InChI=1S/C21H35N3O3/c1-17(2)6-3-10-22-13-8-18(25)21(15-22)9-5-12-24(16-21)20(27)14-23-11-4-7-19(23)26/h6,18,25H,3-5,7-16H2,1-2H3/t18-,21-/m1/s1. The van der Waals surface area contributed by atoms with Gasteiger partial charge in [-0.05, 0) is 46.0 Å². The molecule has 6 nitrogen and oxygen atoms in total. The molecule has 3 saturated heterocycles. The monoisotopic (exact) mass is 377 g/mol. The molecular formula is C21H35N3O3. The molecule has 0 bridgehead atoms. The highest BCUT2D eigenvalue weighted by Gasteiger charge is 2.46. The summed E-state index contributed by atoms with van der Waals surface area (Å²) in [4.78, 5) is 30.7. The summed E-state index contributed by atoms with van der Waals surface area (Å²) in [7, 11) is 0. The van der Waals surface area contributed by atoms with E-state index in [1.807, 2.05) is 4.90 Å². The highest BCUT2D eigenvalue weighted by Crippen LogP contribution is 2.39. The Morgan fingerprint density at radius 3 is 2.74 bits per heavy atom. The highest BCUT2D eigenvalue weighted by atomic mass is 16.3. The number of piperidine rings is 2. The van der Waals surface area contributed by atoms with Crippen molar-refractivity contribution in [3.8, 4) is 0 Å². The van der Waals surface area contributed by atoms with Gasteiger partial charge in [-0.1, -0.05) is 11.6 Å². The Bertz CT molecular complexity index is 587. The van der Waals surface area contributed by atoms with E-state index in [4.69, 9.17) is 0 Å². The van der Waals surface area contributed by atoms with Gasteiger partial charge in [0, 0.05) is 51.1 Å². The van der Waals surface area contributed by atoms with Gasteiger partial charge in [0.05, 0.1) is 12.6 Å². The number of likely N-dealkylation sites (tertiary alicyclic amines) is 3. The molecule has 3 fully saturated rings. The molecule has 27 heavy (non-hydrogen) atoms. The van der Waals surface area contributed by atoms with Crippen molar-refractivity contribution in [2.24, 2.45) is 5.41 Å². The van der Waals surface area contributed by atoms with Gasteiger partial charge < -0.3 is 19.8 Å². The number of rotatable bonds is 5. The summed E-state index contributed by atoms with van der Waals surface area (Å²) in [6.45, 7) is 9.30. The second-order valence-electron chi connectivity index (χ2n) is 8.85. The zero-order valence-corrected chi connectivity index (χ0v) is 17.0. The second-order valence-corrected chi connectivity index (χ2v) is 8.85. The van der Waals surface area contributed by atoms with Crippen LogP contribution >= 0.6 is 0 Å². The van der Waals surface area contributed by atoms with Gasteiger partial charge in [0.25, 0.3) is 0 Å². The lowest BCUT2D eigenvalue weighted by Crippen LogP contribution is -2.60. The smallest absolute Gasteiger partial charge is 0.242 e. The number of amides is 2. The number of aliphatic hydroxyl groups excluding tert-OH is 1. The number of nitrogens with zero attached hydrogens (tertiary/aromatic N) is 3. The Kier molecular flexibility index (Phi) is 6.58. The summed E-state index contributed by atoms with van der Waals surface area (Å²) in [6.07, 6.45) is 7.06. The van der Waals surface area contributed by atoms with Crippen molar-refractivity contribution in [2.75, 3.05) is 45.8 Å². The van der Waals surface area contributed by atoms with E-state index >= 15 is 0 Å². The molecular weight excluding hydrogens is 342 g/mol.